The number of nitrogens with two attached hydrogens (primary N) is 1. The average molecular weight is 493 g/mol. The molecule has 8 heteroatoms. The van der Waals surface area contributed by atoms with E-state index in [1.165, 1.54) is 11.3 Å². The largest absolute Gasteiger partial charge is 0.506 e. The van der Waals surface area contributed by atoms with Gasteiger partial charge in [-0.15, -0.1) is 0 Å². The summed E-state index contributed by atoms with van der Waals surface area (Å²) in [5.74, 6) is 8.19. The van der Waals surface area contributed by atoms with Gasteiger partial charge in [0.1, 0.15) is 17.0 Å². The van der Waals surface area contributed by atoms with Crippen molar-refractivity contribution >= 4 is 38.3 Å². The predicted molar refractivity (Wildman–Crippen MR) is 142 cm³/mol. The fraction of sp³-hybridized carbons (Fsp3) is 0.407. The van der Waals surface area contributed by atoms with E-state index < -0.39 is 0 Å². The number of amides is 1. The molecule has 0 radical (unpaired) electrons. The molecule has 4 rings (SSSR count). The second-order valence-electron chi connectivity index (χ2n) is 9.31. The van der Waals surface area contributed by atoms with Crippen LogP contribution in [-0.4, -0.2) is 47.1 Å². The number of benzene rings is 2. The zero-order valence-electron chi connectivity index (χ0n) is 20.2. The highest BCUT2D eigenvalue weighted by Crippen LogP contribution is 2.31. The van der Waals surface area contributed by atoms with Crippen LogP contribution >= 0.6 is 11.3 Å². The van der Waals surface area contributed by atoms with Crippen LogP contribution in [0.3, 0.4) is 0 Å². The van der Waals surface area contributed by atoms with Gasteiger partial charge in [-0.05, 0) is 48.9 Å². The van der Waals surface area contributed by atoms with Crippen LogP contribution in [0.15, 0.2) is 36.4 Å². The molecule has 3 aromatic rings. The minimum atomic E-state index is 0.0883. The molecule has 35 heavy (non-hydrogen) atoms. The third-order valence-corrected chi connectivity index (χ3v) is 6.81. The number of carbonyl (C=O) groups excluding carboxylic acids is 1. The summed E-state index contributed by atoms with van der Waals surface area (Å²) in [5.41, 5.74) is 7.89. The van der Waals surface area contributed by atoms with Gasteiger partial charge in [0.05, 0.1) is 17.9 Å². The van der Waals surface area contributed by atoms with E-state index in [9.17, 15) is 9.90 Å². The number of hydrogen-bond acceptors (Lipinski definition) is 7. The van der Waals surface area contributed by atoms with Crippen LogP contribution in [-0.2, 0) is 4.79 Å². The number of aromatic hydroxyl groups is 1. The Morgan fingerprint density at radius 1 is 1.31 bits per heavy atom. The van der Waals surface area contributed by atoms with E-state index in [-0.39, 0.29) is 11.7 Å². The van der Waals surface area contributed by atoms with Crippen molar-refractivity contribution < 1.29 is 14.6 Å². The number of thiazole rings is 1. The molecule has 2 aromatic carbocycles. The summed E-state index contributed by atoms with van der Waals surface area (Å²) in [7, 11) is 0. The molecule has 0 aliphatic carbocycles. The van der Waals surface area contributed by atoms with E-state index >= 15 is 0 Å². The van der Waals surface area contributed by atoms with Gasteiger partial charge < -0.3 is 25.8 Å². The number of phenols is 1. The Morgan fingerprint density at radius 2 is 2.11 bits per heavy atom. The number of ether oxygens (including phenoxy) is 1. The van der Waals surface area contributed by atoms with E-state index in [0.29, 0.717) is 42.1 Å². The summed E-state index contributed by atoms with van der Waals surface area (Å²) in [6.45, 7) is 6.92. The standard InChI is InChI=1S/C27H32N4O3S/c1-18(2)13-25(33)31-11-8-19(9-12-31)17-34-22-7-3-6-21(16-22)29-10-4-5-20-14-23(32)26-24(15-20)35-27(28)30-26/h3,6-7,14-16,18-19,29,32H,8-13,17H2,1-2H3,(H2,28,30). The normalized spacial score (nSPS) is 14.1. The summed E-state index contributed by atoms with van der Waals surface area (Å²) < 4.78 is 6.87. The van der Waals surface area contributed by atoms with Crippen molar-refractivity contribution in [3.63, 3.8) is 0 Å². The molecule has 1 saturated heterocycles. The van der Waals surface area contributed by atoms with Crippen molar-refractivity contribution in [1.29, 1.82) is 0 Å². The van der Waals surface area contributed by atoms with Crippen LogP contribution in [0.25, 0.3) is 10.2 Å². The highest BCUT2D eigenvalue weighted by molar-refractivity contribution is 7.22. The lowest BCUT2D eigenvalue weighted by Crippen LogP contribution is -2.40. The van der Waals surface area contributed by atoms with Crippen molar-refractivity contribution in [2.75, 3.05) is 37.3 Å². The number of nitrogens with one attached hydrogen (secondary N) is 1. The molecule has 1 aliphatic rings. The van der Waals surface area contributed by atoms with Gasteiger partial charge in [-0.25, -0.2) is 4.98 Å². The fourth-order valence-corrected chi connectivity index (χ4v) is 4.93. The number of aromatic nitrogens is 1. The zero-order chi connectivity index (χ0) is 24.8. The molecule has 2 heterocycles. The van der Waals surface area contributed by atoms with Gasteiger partial charge in [0, 0.05) is 36.8 Å². The van der Waals surface area contributed by atoms with Crippen molar-refractivity contribution in [2.45, 2.75) is 33.1 Å². The van der Waals surface area contributed by atoms with Gasteiger partial charge in [-0.2, -0.15) is 0 Å². The van der Waals surface area contributed by atoms with Crippen LogP contribution in [0.2, 0.25) is 0 Å². The molecule has 7 nitrogen and oxygen atoms in total. The molecule has 0 spiro atoms. The van der Waals surface area contributed by atoms with E-state index in [1.54, 1.807) is 6.07 Å². The van der Waals surface area contributed by atoms with Crippen molar-refractivity contribution in [1.82, 2.24) is 9.88 Å². The van der Waals surface area contributed by atoms with Crippen LogP contribution < -0.4 is 15.8 Å². The summed E-state index contributed by atoms with van der Waals surface area (Å²) in [5, 5.41) is 13.8. The SMILES string of the molecule is CC(C)CC(=O)N1CCC(COc2cccc(NCC#Cc3cc(O)c4nc(N)sc4c3)c2)CC1. The Balaban J connectivity index is 1.24. The van der Waals surface area contributed by atoms with Crippen LogP contribution in [0.4, 0.5) is 10.8 Å². The van der Waals surface area contributed by atoms with Crippen LogP contribution in [0, 0.1) is 23.7 Å². The first-order chi connectivity index (χ1) is 16.9. The van der Waals surface area contributed by atoms with Gasteiger partial charge in [-0.1, -0.05) is 43.1 Å². The molecule has 1 aromatic heterocycles. The van der Waals surface area contributed by atoms with Crippen molar-refractivity contribution in [3.8, 4) is 23.3 Å². The number of anilines is 2. The Morgan fingerprint density at radius 3 is 2.89 bits per heavy atom. The monoisotopic (exact) mass is 492 g/mol. The third-order valence-electron chi connectivity index (χ3n) is 5.97. The minimum Gasteiger partial charge on any atom is -0.506 e. The number of nitrogens with zero attached hydrogens (tertiary/aromatic N) is 2. The summed E-state index contributed by atoms with van der Waals surface area (Å²) >= 11 is 1.33. The quantitative estimate of drug-likeness (QED) is 0.413. The molecule has 1 fully saturated rings. The highest BCUT2D eigenvalue weighted by atomic mass is 32.1. The summed E-state index contributed by atoms with van der Waals surface area (Å²) in [4.78, 5) is 18.4. The molecule has 0 bridgehead atoms. The molecule has 0 saturated carbocycles. The molecular weight excluding hydrogens is 460 g/mol. The maximum atomic E-state index is 12.2. The predicted octanol–water partition coefficient (Wildman–Crippen LogP) is 4.71. The van der Waals surface area contributed by atoms with Crippen molar-refractivity contribution in [3.05, 3.63) is 42.0 Å². The van der Waals surface area contributed by atoms with Crippen molar-refractivity contribution in [2.24, 2.45) is 11.8 Å². The van der Waals surface area contributed by atoms with E-state index in [0.717, 1.165) is 47.6 Å². The lowest BCUT2D eigenvalue weighted by atomic mass is 9.97. The number of rotatable bonds is 7. The first kappa shape index (κ1) is 24.7. The zero-order valence-corrected chi connectivity index (χ0v) is 21.0. The number of phenolic OH excluding ortho intramolecular Hbond substituents is 1. The van der Waals surface area contributed by atoms with Gasteiger partial charge in [0.25, 0.3) is 0 Å². The van der Waals surface area contributed by atoms with E-state index in [4.69, 9.17) is 10.5 Å². The number of piperidine rings is 1. The number of likely N-dealkylation sites (tertiary alicyclic amines) is 1. The maximum Gasteiger partial charge on any atom is 0.222 e. The smallest absolute Gasteiger partial charge is 0.222 e. The molecule has 0 atom stereocenters. The lowest BCUT2D eigenvalue weighted by molar-refractivity contribution is -0.133. The number of nitrogen functional groups attached to an aromatic ring is 1. The van der Waals surface area contributed by atoms with Gasteiger partial charge >= 0.3 is 0 Å². The van der Waals surface area contributed by atoms with E-state index in [2.05, 4.69) is 36.0 Å². The first-order valence-corrected chi connectivity index (χ1v) is 12.8. The molecule has 4 N–H and O–H groups in total. The fourth-order valence-electron chi connectivity index (χ4n) is 4.13. The second-order valence-corrected chi connectivity index (χ2v) is 10.4. The lowest BCUT2D eigenvalue weighted by Gasteiger charge is -2.32. The third kappa shape index (κ3) is 6.80. The Hall–Kier alpha value is -3.44. The molecule has 184 valence electrons. The Kier molecular flexibility index (Phi) is 7.98. The van der Waals surface area contributed by atoms with Gasteiger partial charge in [0.15, 0.2) is 5.13 Å². The Labute approximate surface area is 210 Å². The van der Waals surface area contributed by atoms with Crippen LogP contribution in [0.5, 0.6) is 11.5 Å². The summed E-state index contributed by atoms with van der Waals surface area (Å²) in [6.07, 6.45) is 2.59. The maximum absolute atomic E-state index is 12.2. The number of carbonyl (C=O) groups is 1. The van der Waals surface area contributed by atoms with Gasteiger partial charge in [0.2, 0.25) is 5.91 Å². The minimum absolute atomic E-state index is 0.0883. The molecule has 0 unspecified atom stereocenters. The Bertz CT molecular complexity index is 1240. The second kappa shape index (κ2) is 11.3. The van der Waals surface area contributed by atoms with E-state index in [1.807, 2.05) is 35.2 Å². The van der Waals surface area contributed by atoms with Gasteiger partial charge in [-0.3, -0.25) is 4.79 Å². The first-order valence-electron chi connectivity index (χ1n) is 12.0. The topological polar surface area (TPSA) is 101 Å². The number of hydrogen-bond donors (Lipinski definition) is 3. The molecule has 1 aliphatic heterocycles. The number of fused-ring (bicyclic) bond motifs is 1. The molecule has 1 amide bonds. The molecular formula is C27H32N4O3S. The summed E-state index contributed by atoms with van der Waals surface area (Å²) in [6, 6.07) is 11.4. The van der Waals surface area contributed by atoms with Crippen LogP contribution in [0.1, 0.15) is 38.7 Å². The highest BCUT2D eigenvalue weighted by Gasteiger charge is 2.23. The average Bonchev–Trinajstić information content (AvgIpc) is 3.21.